The van der Waals surface area contributed by atoms with Crippen LogP contribution in [0.1, 0.15) is 39.2 Å². The summed E-state index contributed by atoms with van der Waals surface area (Å²) in [6.07, 6.45) is 1.61. The molecule has 0 saturated carbocycles. The number of carbonyl (C=O) groups excluding carboxylic acids is 1. The molecule has 1 aromatic rings. The lowest BCUT2D eigenvalue weighted by Gasteiger charge is -2.37. The Balaban J connectivity index is 2.23. The Bertz CT molecular complexity index is 493. The van der Waals surface area contributed by atoms with E-state index in [0.29, 0.717) is 38.6 Å². The van der Waals surface area contributed by atoms with E-state index in [4.69, 9.17) is 4.74 Å². The zero-order valence-electron chi connectivity index (χ0n) is 14.5. The minimum Gasteiger partial charge on any atom is -0.385 e. The summed E-state index contributed by atoms with van der Waals surface area (Å²) in [7, 11) is 0. The Morgan fingerprint density at radius 2 is 1.83 bits per heavy atom. The first-order chi connectivity index (χ1) is 10.9. The second-order valence-electron chi connectivity index (χ2n) is 6.97. The molecule has 2 atom stereocenters. The number of aliphatic hydroxyl groups is 1. The van der Waals surface area contributed by atoms with Gasteiger partial charge in [-0.25, -0.2) is 0 Å². The molecule has 0 spiro atoms. The van der Waals surface area contributed by atoms with Crippen molar-refractivity contribution in [1.82, 2.24) is 4.90 Å². The maximum absolute atomic E-state index is 13.0. The summed E-state index contributed by atoms with van der Waals surface area (Å²) < 4.78 is 5.34. The predicted molar refractivity (Wildman–Crippen MR) is 91.0 cm³/mol. The van der Waals surface area contributed by atoms with Crippen LogP contribution in [0.5, 0.6) is 0 Å². The van der Waals surface area contributed by atoms with E-state index in [2.05, 4.69) is 13.8 Å². The van der Waals surface area contributed by atoms with Crippen LogP contribution in [0.2, 0.25) is 0 Å². The van der Waals surface area contributed by atoms with Crippen molar-refractivity contribution in [3.05, 3.63) is 35.9 Å². The Labute approximate surface area is 139 Å². The van der Waals surface area contributed by atoms with Crippen molar-refractivity contribution in [2.24, 2.45) is 11.8 Å². The fraction of sp³-hybridized carbons (Fsp3) is 0.632. The predicted octanol–water partition coefficient (Wildman–Crippen LogP) is 2.81. The van der Waals surface area contributed by atoms with Crippen LogP contribution >= 0.6 is 0 Å². The summed E-state index contributed by atoms with van der Waals surface area (Å²) >= 11 is 0. The molecule has 1 amide bonds. The maximum atomic E-state index is 13.0. The van der Waals surface area contributed by atoms with E-state index in [1.54, 1.807) is 6.92 Å². The van der Waals surface area contributed by atoms with Gasteiger partial charge in [0.15, 0.2) is 0 Å². The number of morpholine rings is 1. The molecule has 2 rings (SSSR count). The molecule has 128 valence electrons. The molecule has 1 saturated heterocycles. The summed E-state index contributed by atoms with van der Waals surface area (Å²) in [6.45, 7) is 8.45. The molecule has 1 fully saturated rings. The van der Waals surface area contributed by atoms with Crippen molar-refractivity contribution < 1.29 is 14.6 Å². The number of hydrogen-bond acceptors (Lipinski definition) is 3. The minimum atomic E-state index is -1.16. The molecule has 1 aliphatic rings. The largest absolute Gasteiger partial charge is 0.385 e. The van der Waals surface area contributed by atoms with Gasteiger partial charge in [0.2, 0.25) is 5.91 Å². The van der Waals surface area contributed by atoms with Crippen molar-refractivity contribution in [2.75, 3.05) is 26.3 Å². The number of benzene rings is 1. The Kier molecular flexibility index (Phi) is 6.19. The lowest BCUT2D eigenvalue weighted by Crippen LogP contribution is -2.49. The van der Waals surface area contributed by atoms with Gasteiger partial charge in [0, 0.05) is 13.1 Å². The standard InChI is InChI=1S/C19H29NO3/c1-15(2)9-10-17(18(21)20-11-13-23-14-12-20)19(3,22)16-7-5-4-6-8-16/h4-8,15,17,22H,9-14H2,1-3H3/t17-,19-/m0/s1. The SMILES string of the molecule is CC(C)CC[C@@H](C(=O)N1CCOCC1)[C@@](C)(O)c1ccccc1. The third-order valence-corrected chi connectivity index (χ3v) is 4.69. The highest BCUT2D eigenvalue weighted by molar-refractivity contribution is 5.80. The Hall–Kier alpha value is -1.39. The normalized spacial score (nSPS) is 19.4. The first-order valence-electron chi connectivity index (χ1n) is 8.57. The van der Waals surface area contributed by atoms with Crippen molar-refractivity contribution in [3.8, 4) is 0 Å². The molecular weight excluding hydrogens is 290 g/mol. The highest BCUT2D eigenvalue weighted by Gasteiger charge is 2.40. The summed E-state index contributed by atoms with van der Waals surface area (Å²) in [4.78, 5) is 14.9. The van der Waals surface area contributed by atoms with Gasteiger partial charge < -0.3 is 14.7 Å². The van der Waals surface area contributed by atoms with Gasteiger partial charge >= 0.3 is 0 Å². The number of rotatable bonds is 6. The lowest BCUT2D eigenvalue weighted by molar-refractivity contribution is -0.150. The highest BCUT2D eigenvalue weighted by Crippen LogP contribution is 2.34. The van der Waals surface area contributed by atoms with Gasteiger partial charge in [-0.05, 0) is 24.8 Å². The molecule has 0 aromatic heterocycles. The van der Waals surface area contributed by atoms with Crippen molar-refractivity contribution in [2.45, 2.75) is 39.2 Å². The molecule has 1 heterocycles. The van der Waals surface area contributed by atoms with Crippen molar-refractivity contribution >= 4 is 5.91 Å². The first-order valence-corrected chi connectivity index (χ1v) is 8.57. The third kappa shape index (κ3) is 4.55. The van der Waals surface area contributed by atoms with Crippen LogP contribution in [-0.2, 0) is 15.1 Å². The first kappa shape index (κ1) is 18.0. The summed E-state index contributed by atoms with van der Waals surface area (Å²) in [5.74, 6) is 0.120. The molecule has 0 bridgehead atoms. The highest BCUT2D eigenvalue weighted by atomic mass is 16.5. The van der Waals surface area contributed by atoms with Gasteiger partial charge in [-0.3, -0.25) is 4.79 Å². The molecule has 4 nitrogen and oxygen atoms in total. The second-order valence-corrected chi connectivity index (χ2v) is 6.97. The van der Waals surface area contributed by atoms with Gasteiger partial charge in [0.05, 0.1) is 24.7 Å². The summed E-state index contributed by atoms with van der Waals surface area (Å²) in [5.41, 5.74) is -0.360. The van der Waals surface area contributed by atoms with Gasteiger partial charge in [0.25, 0.3) is 0 Å². The number of amides is 1. The zero-order valence-corrected chi connectivity index (χ0v) is 14.5. The molecular formula is C19H29NO3. The van der Waals surface area contributed by atoms with E-state index in [-0.39, 0.29) is 5.91 Å². The average Bonchev–Trinajstić information content (AvgIpc) is 2.56. The van der Waals surface area contributed by atoms with Crippen LogP contribution in [0, 0.1) is 11.8 Å². The van der Waals surface area contributed by atoms with Crippen molar-refractivity contribution in [1.29, 1.82) is 0 Å². The van der Waals surface area contributed by atoms with Crippen LogP contribution in [-0.4, -0.2) is 42.2 Å². The molecule has 0 aliphatic carbocycles. The van der Waals surface area contributed by atoms with E-state index < -0.39 is 11.5 Å². The van der Waals surface area contributed by atoms with Crippen LogP contribution in [0.15, 0.2) is 30.3 Å². The van der Waals surface area contributed by atoms with E-state index in [0.717, 1.165) is 12.0 Å². The number of ether oxygens (including phenoxy) is 1. The van der Waals surface area contributed by atoms with Crippen LogP contribution in [0.3, 0.4) is 0 Å². The Morgan fingerprint density at radius 1 is 1.22 bits per heavy atom. The average molecular weight is 319 g/mol. The molecule has 23 heavy (non-hydrogen) atoms. The topological polar surface area (TPSA) is 49.8 Å². The van der Waals surface area contributed by atoms with E-state index in [9.17, 15) is 9.90 Å². The lowest BCUT2D eigenvalue weighted by atomic mass is 9.78. The fourth-order valence-corrected chi connectivity index (χ4v) is 3.13. The van der Waals surface area contributed by atoms with Gasteiger partial charge in [-0.1, -0.05) is 50.6 Å². The van der Waals surface area contributed by atoms with Gasteiger partial charge in [-0.15, -0.1) is 0 Å². The summed E-state index contributed by atoms with van der Waals surface area (Å²) in [5, 5.41) is 11.2. The van der Waals surface area contributed by atoms with Gasteiger partial charge in [-0.2, -0.15) is 0 Å². The number of carbonyl (C=O) groups is 1. The monoisotopic (exact) mass is 319 g/mol. The fourth-order valence-electron chi connectivity index (χ4n) is 3.13. The number of hydrogen-bond donors (Lipinski definition) is 1. The maximum Gasteiger partial charge on any atom is 0.229 e. The Morgan fingerprint density at radius 3 is 2.39 bits per heavy atom. The minimum absolute atomic E-state index is 0.0443. The molecule has 0 radical (unpaired) electrons. The van der Waals surface area contributed by atoms with Crippen LogP contribution in [0.25, 0.3) is 0 Å². The van der Waals surface area contributed by atoms with Crippen molar-refractivity contribution in [3.63, 3.8) is 0 Å². The molecule has 4 heteroatoms. The van der Waals surface area contributed by atoms with Gasteiger partial charge in [0.1, 0.15) is 0 Å². The molecule has 1 N–H and O–H groups in total. The number of nitrogens with zero attached hydrogens (tertiary/aromatic N) is 1. The van der Waals surface area contributed by atoms with E-state index >= 15 is 0 Å². The van der Waals surface area contributed by atoms with E-state index in [1.165, 1.54) is 0 Å². The second kappa shape index (κ2) is 7.93. The zero-order chi connectivity index (χ0) is 16.9. The summed E-state index contributed by atoms with van der Waals surface area (Å²) in [6, 6.07) is 9.53. The third-order valence-electron chi connectivity index (χ3n) is 4.69. The molecule has 1 aliphatic heterocycles. The van der Waals surface area contributed by atoms with Crippen LogP contribution in [0.4, 0.5) is 0 Å². The molecule has 0 unspecified atom stereocenters. The smallest absolute Gasteiger partial charge is 0.229 e. The quantitative estimate of drug-likeness (QED) is 0.877. The van der Waals surface area contributed by atoms with Crippen LogP contribution < -0.4 is 0 Å². The molecule has 1 aromatic carbocycles. The van der Waals surface area contributed by atoms with E-state index in [1.807, 2.05) is 35.2 Å².